The quantitative estimate of drug-likeness (QED) is 0.347. The van der Waals surface area contributed by atoms with Crippen LogP contribution in [0.1, 0.15) is 32.6 Å². The number of rotatable bonds is 3. The van der Waals surface area contributed by atoms with Crippen molar-refractivity contribution in [2.45, 2.75) is 44.7 Å². The van der Waals surface area contributed by atoms with Crippen LogP contribution >= 0.6 is 24.0 Å². The van der Waals surface area contributed by atoms with Crippen LogP contribution in [0.5, 0.6) is 0 Å². The second-order valence-electron chi connectivity index (χ2n) is 5.88. The fourth-order valence-electron chi connectivity index (χ4n) is 3.15. The van der Waals surface area contributed by atoms with E-state index < -0.39 is 0 Å². The smallest absolute Gasteiger partial charge is 0.194 e. The fraction of sp³-hybridized carbons (Fsp3) is 0.800. The highest BCUT2D eigenvalue weighted by molar-refractivity contribution is 14.0. The van der Waals surface area contributed by atoms with Crippen molar-refractivity contribution in [3.8, 4) is 0 Å². The van der Waals surface area contributed by atoms with Gasteiger partial charge in [0, 0.05) is 44.8 Å². The summed E-state index contributed by atoms with van der Waals surface area (Å²) in [5.74, 6) is 1.15. The number of nitrogens with zero attached hydrogens (tertiary/aromatic N) is 3. The first kappa shape index (κ1) is 16.1. The molecule has 2 heterocycles. The number of likely N-dealkylation sites (tertiary alicyclic amines) is 1. The minimum atomic E-state index is 0. The largest absolute Gasteiger partial charge is 0.354 e. The topological polar surface area (TPSA) is 30.9 Å². The van der Waals surface area contributed by atoms with Gasteiger partial charge in [0.1, 0.15) is 0 Å². The second-order valence-corrected chi connectivity index (χ2v) is 5.88. The van der Waals surface area contributed by atoms with E-state index in [2.05, 4.69) is 39.2 Å². The molecule has 3 rings (SSSR count). The van der Waals surface area contributed by atoms with Crippen molar-refractivity contribution in [1.82, 2.24) is 15.1 Å². The summed E-state index contributed by atoms with van der Waals surface area (Å²) in [7, 11) is 0. The first-order chi connectivity index (χ1) is 9.36. The van der Waals surface area contributed by atoms with E-state index in [0.29, 0.717) is 12.1 Å². The van der Waals surface area contributed by atoms with Crippen molar-refractivity contribution in [3.05, 3.63) is 12.2 Å². The fourth-order valence-corrected chi connectivity index (χ4v) is 3.15. The molecular weight excluding hydrogens is 363 g/mol. The first-order valence-electron chi connectivity index (χ1n) is 7.82. The Labute approximate surface area is 139 Å². The van der Waals surface area contributed by atoms with E-state index in [1.807, 2.05) is 0 Å². The number of hydrogen-bond donors (Lipinski definition) is 1. The molecule has 1 saturated carbocycles. The zero-order chi connectivity index (χ0) is 13.1. The van der Waals surface area contributed by atoms with Gasteiger partial charge in [-0.15, -0.1) is 24.0 Å². The van der Waals surface area contributed by atoms with E-state index in [1.54, 1.807) is 0 Å². The van der Waals surface area contributed by atoms with Gasteiger partial charge in [-0.3, -0.25) is 9.89 Å². The third-order valence-corrected chi connectivity index (χ3v) is 4.57. The second kappa shape index (κ2) is 7.64. The number of hydrogen-bond acceptors (Lipinski definition) is 2. The summed E-state index contributed by atoms with van der Waals surface area (Å²) in [5.41, 5.74) is 0. The van der Waals surface area contributed by atoms with E-state index in [-0.39, 0.29) is 24.0 Å². The minimum Gasteiger partial charge on any atom is -0.354 e. The highest BCUT2D eigenvalue weighted by Crippen LogP contribution is 2.21. The standard InChI is InChI=1S/C15H26N4.HI/c1-2-16-15(17-13-6-5-7-13)19-11-8-14(12-19)18-9-3-4-10-18;/h3-4,13-14H,2,5-12H2,1H3,(H,16,17);1H. The van der Waals surface area contributed by atoms with Crippen molar-refractivity contribution in [1.29, 1.82) is 0 Å². The molecule has 1 atom stereocenters. The van der Waals surface area contributed by atoms with Crippen LogP contribution in [-0.2, 0) is 0 Å². The maximum Gasteiger partial charge on any atom is 0.194 e. The molecule has 4 nitrogen and oxygen atoms in total. The van der Waals surface area contributed by atoms with Crippen LogP contribution in [0.2, 0.25) is 0 Å². The lowest BCUT2D eigenvalue weighted by atomic mass is 9.93. The molecule has 2 aliphatic heterocycles. The van der Waals surface area contributed by atoms with Crippen molar-refractivity contribution in [2.24, 2.45) is 4.99 Å². The van der Waals surface area contributed by atoms with Gasteiger partial charge in [-0.2, -0.15) is 0 Å². The lowest BCUT2D eigenvalue weighted by Crippen LogP contribution is -2.48. The summed E-state index contributed by atoms with van der Waals surface area (Å²) in [6.07, 6.45) is 9.86. The molecule has 0 amide bonds. The summed E-state index contributed by atoms with van der Waals surface area (Å²) in [5, 5.41) is 3.65. The van der Waals surface area contributed by atoms with Crippen molar-refractivity contribution in [2.75, 3.05) is 32.7 Å². The minimum absolute atomic E-state index is 0. The first-order valence-corrected chi connectivity index (χ1v) is 7.82. The van der Waals surface area contributed by atoms with E-state index in [0.717, 1.165) is 38.7 Å². The Morgan fingerprint density at radius 2 is 2.00 bits per heavy atom. The lowest BCUT2D eigenvalue weighted by Gasteiger charge is -2.32. The predicted octanol–water partition coefficient (Wildman–Crippen LogP) is 2.07. The van der Waals surface area contributed by atoms with Gasteiger partial charge in [-0.05, 0) is 32.6 Å². The maximum atomic E-state index is 4.69. The molecule has 2 fully saturated rings. The molecule has 5 heteroatoms. The molecule has 1 N–H and O–H groups in total. The normalized spacial score (nSPS) is 27.6. The van der Waals surface area contributed by atoms with E-state index in [9.17, 15) is 0 Å². The van der Waals surface area contributed by atoms with Crippen molar-refractivity contribution < 1.29 is 0 Å². The molecule has 1 saturated heterocycles. The Balaban J connectivity index is 0.00000147. The highest BCUT2D eigenvalue weighted by Gasteiger charge is 2.30. The average molecular weight is 390 g/mol. The molecule has 0 bridgehead atoms. The van der Waals surface area contributed by atoms with Gasteiger partial charge in [-0.1, -0.05) is 12.2 Å². The van der Waals surface area contributed by atoms with E-state index >= 15 is 0 Å². The van der Waals surface area contributed by atoms with Crippen LogP contribution in [0.3, 0.4) is 0 Å². The van der Waals surface area contributed by atoms with Crippen molar-refractivity contribution >= 4 is 29.9 Å². The number of halogens is 1. The Hall–Kier alpha value is -0.300. The number of nitrogens with one attached hydrogen (secondary N) is 1. The van der Waals surface area contributed by atoms with Gasteiger partial charge in [0.05, 0.1) is 0 Å². The maximum absolute atomic E-state index is 4.69. The highest BCUT2D eigenvalue weighted by atomic mass is 127. The summed E-state index contributed by atoms with van der Waals surface area (Å²) >= 11 is 0. The third-order valence-electron chi connectivity index (χ3n) is 4.57. The summed E-state index contributed by atoms with van der Waals surface area (Å²) < 4.78 is 0. The molecule has 0 radical (unpaired) electrons. The number of aliphatic imine (C=N–C) groups is 1. The van der Waals surface area contributed by atoms with Crippen molar-refractivity contribution in [3.63, 3.8) is 0 Å². The Morgan fingerprint density at radius 3 is 2.60 bits per heavy atom. The third kappa shape index (κ3) is 3.67. The van der Waals surface area contributed by atoms with Gasteiger partial charge >= 0.3 is 0 Å². The van der Waals surface area contributed by atoms with Crippen LogP contribution in [0.4, 0.5) is 0 Å². The zero-order valence-corrected chi connectivity index (χ0v) is 14.8. The van der Waals surface area contributed by atoms with Crippen LogP contribution in [0.25, 0.3) is 0 Å². The van der Waals surface area contributed by atoms with Crippen LogP contribution < -0.4 is 5.32 Å². The molecule has 114 valence electrons. The summed E-state index contributed by atoms with van der Waals surface area (Å²) in [6.45, 7) is 7.56. The summed E-state index contributed by atoms with van der Waals surface area (Å²) in [4.78, 5) is 9.73. The van der Waals surface area contributed by atoms with E-state index in [4.69, 9.17) is 0 Å². The van der Waals surface area contributed by atoms with Gasteiger partial charge < -0.3 is 10.2 Å². The molecule has 1 unspecified atom stereocenters. The Bertz CT molecular complexity index is 357. The van der Waals surface area contributed by atoms with Gasteiger partial charge in [0.15, 0.2) is 5.96 Å². The van der Waals surface area contributed by atoms with Crippen LogP contribution in [0.15, 0.2) is 17.1 Å². The lowest BCUT2D eigenvalue weighted by molar-refractivity contribution is 0.258. The predicted molar refractivity (Wildman–Crippen MR) is 94.9 cm³/mol. The molecule has 20 heavy (non-hydrogen) atoms. The van der Waals surface area contributed by atoms with Crippen LogP contribution in [-0.4, -0.2) is 60.6 Å². The number of guanidine groups is 1. The Kier molecular flexibility index (Phi) is 6.14. The summed E-state index contributed by atoms with van der Waals surface area (Å²) in [6, 6.07) is 1.39. The SMILES string of the molecule is CCN=C(NC1CCC1)N1CCC(N2CC=CC2)C1.I. The Morgan fingerprint density at radius 1 is 1.25 bits per heavy atom. The molecule has 0 aromatic heterocycles. The molecule has 0 aromatic carbocycles. The average Bonchev–Trinajstić information content (AvgIpc) is 3.01. The molecule has 1 aliphatic carbocycles. The zero-order valence-electron chi connectivity index (χ0n) is 12.4. The molecule has 3 aliphatic rings. The monoisotopic (exact) mass is 390 g/mol. The van der Waals surface area contributed by atoms with Gasteiger partial charge in [0.25, 0.3) is 0 Å². The van der Waals surface area contributed by atoms with Gasteiger partial charge in [-0.25, -0.2) is 0 Å². The molecule has 0 spiro atoms. The van der Waals surface area contributed by atoms with E-state index in [1.165, 1.54) is 25.7 Å². The van der Waals surface area contributed by atoms with Gasteiger partial charge in [0.2, 0.25) is 0 Å². The van der Waals surface area contributed by atoms with Crippen LogP contribution in [0, 0.1) is 0 Å². The molecule has 0 aromatic rings. The molecular formula is C15H27IN4.